The molecule has 2 aromatic rings. The average molecular weight is 601 g/mol. The van der Waals surface area contributed by atoms with Gasteiger partial charge in [-0.15, -0.1) is 11.3 Å². The minimum absolute atomic E-state index is 0.00435. The first-order valence-electron chi connectivity index (χ1n) is 13.5. The first-order valence-corrected chi connectivity index (χ1v) is 14.7. The molecule has 4 atom stereocenters. The highest BCUT2D eigenvalue weighted by Gasteiger charge is 2.47. The van der Waals surface area contributed by atoms with Crippen molar-refractivity contribution in [1.29, 1.82) is 5.26 Å². The quantitative estimate of drug-likeness (QED) is 0.522. The van der Waals surface area contributed by atoms with Crippen LogP contribution < -0.4 is 5.73 Å². The number of nitrogens with zero attached hydrogens (tertiary/aromatic N) is 5. The Morgan fingerprint density at radius 1 is 1.20 bits per heavy atom. The lowest BCUT2D eigenvalue weighted by Gasteiger charge is -2.36. The Labute approximate surface area is 244 Å². The molecule has 7 rings (SSSR count). The lowest BCUT2D eigenvalue weighted by molar-refractivity contribution is 0.0542. The summed E-state index contributed by atoms with van der Waals surface area (Å²) in [5, 5.41) is 10.3. The molecule has 2 fully saturated rings. The maximum absolute atomic E-state index is 16.8. The second kappa shape index (κ2) is 10.3. The van der Waals surface area contributed by atoms with Gasteiger partial charge in [0.25, 0.3) is 0 Å². The highest BCUT2D eigenvalue weighted by Crippen LogP contribution is 2.50. The van der Waals surface area contributed by atoms with Crippen molar-refractivity contribution in [2.45, 2.75) is 31.1 Å². The number of allylic oxidation sites excluding steroid dienone is 2. The van der Waals surface area contributed by atoms with E-state index in [1.54, 1.807) is 0 Å². The number of nitrogens with two attached hydrogens (primary N) is 1. The molecule has 0 saturated carbocycles. The van der Waals surface area contributed by atoms with Crippen molar-refractivity contribution >= 4 is 55.5 Å². The van der Waals surface area contributed by atoms with E-state index in [9.17, 15) is 9.65 Å². The molecule has 1 aliphatic carbocycles. The third-order valence-electron chi connectivity index (χ3n) is 8.40. The molecule has 5 aliphatic rings. The molecule has 2 unspecified atom stereocenters. The van der Waals surface area contributed by atoms with Crippen molar-refractivity contribution in [2.24, 2.45) is 15.9 Å². The number of halogens is 3. The third-order valence-corrected chi connectivity index (χ3v) is 9.83. The number of likely N-dealkylation sites (tertiary alicyclic amines) is 1. The fourth-order valence-corrected chi connectivity index (χ4v) is 7.70. The summed E-state index contributed by atoms with van der Waals surface area (Å²) in [6.07, 6.45) is 0.927. The second-order valence-corrected chi connectivity index (χ2v) is 12.2. The van der Waals surface area contributed by atoms with Crippen molar-refractivity contribution < 1.29 is 23.0 Å². The summed E-state index contributed by atoms with van der Waals surface area (Å²) in [5.74, 6) is -1.37. The van der Waals surface area contributed by atoms with Crippen molar-refractivity contribution in [3.8, 4) is 6.07 Å². The van der Waals surface area contributed by atoms with Crippen molar-refractivity contribution in [2.75, 3.05) is 52.2 Å². The minimum Gasteiger partial charge on any atom is -0.462 e. The molecule has 2 saturated heterocycles. The monoisotopic (exact) mass is 600 g/mol. The van der Waals surface area contributed by atoms with Gasteiger partial charge in [-0.25, -0.2) is 8.78 Å². The largest absolute Gasteiger partial charge is 0.462 e. The van der Waals surface area contributed by atoms with Crippen LogP contribution in [0.15, 0.2) is 38.7 Å². The highest BCUT2D eigenvalue weighted by molar-refractivity contribution is 7.23. The molecule has 0 radical (unpaired) electrons. The van der Waals surface area contributed by atoms with Crippen LogP contribution >= 0.6 is 22.9 Å². The van der Waals surface area contributed by atoms with E-state index >= 15 is 4.39 Å². The van der Waals surface area contributed by atoms with Gasteiger partial charge in [0.2, 0.25) is 0 Å². The zero-order valence-electron chi connectivity index (χ0n) is 22.2. The second-order valence-electron chi connectivity index (χ2n) is 10.8. The normalized spacial score (nSPS) is 28.7. The van der Waals surface area contributed by atoms with Gasteiger partial charge in [0, 0.05) is 43.2 Å². The first kappa shape index (κ1) is 26.8. The van der Waals surface area contributed by atoms with Crippen LogP contribution in [-0.2, 0) is 14.2 Å². The molecule has 4 bridgehead atoms. The van der Waals surface area contributed by atoms with Gasteiger partial charge in [0.05, 0.1) is 39.6 Å². The van der Waals surface area contributed by atoms with Crippen LogP contribution in [0, 0.1) is 23.1 Å². The van der Waals surface area contributed by atoms with E-state index in [-0.39, 0.29) is 60.7 Å². The van der Waals surface area contributed by atoms with Gasteiger partial charge in [0.1, 0.15) is 35.4 Å². The van der Waals surface area contributed by atoms with Crippen LogP contribution in [0.2, 0.25) is 0 Å². The smallest absolute Gasteiger partial charge is 0.318 e. The average Bonchev–Trinajstić information content (AvgIpc) is 3.42. The van der Waals surface area contributed by atoms with Crippen molar-refractivity contribution in [3.63, 3.8) is 0 Å². The van der Waals surface area contributed by atoms with Gasteiger partial charge in [-0.05, 0) is 31.5 Å². The summed E-state index contributed by atoms with van der Waals surface area (Å²) in [6.45, 7) is 3.20. The summed E-state index contributed by atoms with van der Waals surface area (Å²) in [7, 11) is 2.03. The van der Waals surface area contributed by atoms with Crippen LogP contribution in [0.25, 0.3) is 15.7 Å². The molecule has 5 heterocycles. The molecule has 0 amide bonds. The molecule has 4 aliphatic heterocycles. The number of benzene rings is 1. The van der Waals surface area contributed by atoms with E-state index in [1.807, 2.05) is 13.1 Å². The molecule has 41 heavy (non-hydrogen) atoms. The van der Waals surface area contributed by atoms with E-state index in [4.69, 9.17) is 36.5 Å². The van der Waals surface area contributed by atoms with Gasteiger partial charge in [0.15, 0.2) is 5.83 Å². The van der Waals surface area contributed by atoms with Gasteiger partial charge < -0.3 is 24.8 Å². The van der Waals surface area contributed by atoms with Crippen molar-refractivity contribution in [3.05, 3.63) is 45.6 Å². The number of likely N-dealkylation sites (N-methyl/N-ethyl adjacent to an activating group) is 1. The van der Waals surface area contributed by atoms with Crippen LogP contribution in [0.3, 0.4) is 0 Å². The number of rotatable bonds is 1. The molecule has 214 valence electrons. The molecule has 1 aromatic carbocycles. The Bertz CT molecular complexity index is 1610. The number of thiophene rings is 1. The standard InChI is InChI=1S/C28H27ClF2N6O3S/c1-36-11-14-9-13(36)12-40-28-34-23-20-24(39-8-6-37(27(20)35-28)5-2-7-38-14)21(29)19(22(23)31)15-3-4-17(30)25-18(15)16(10-32)26(33)41-25/h3-4,13-14,20,24H,2,5-9,11-12,33H2,1H3/t13-,14+,20?,24?/m1/s1. The highest BCUT2D eigenvalue weighted by atomic mass is 35.5. The molecule has 2 N–H and O–H groups in total. The number of hydrogen-bond acceptors (Lipinski definition) is 10. The fourth-order valence-electron chi connectivity index (χ4n) is 6.38. The van der Waals surface area contributed by atoms with Crippen LogP contribution in [0.4, 0.5) is 13.8 Å². The maximum Gasteiger partial charge on any atom is 0.318 e. The number of ether oxygens (including phenoxy) is 3. The third kappa shape index (κ3) is 4.33. The number of hydrogen-bond donors (Lipinski definition) is 1. The summed E-state index contributed by atoms with van der Waals surface area (Å²) in [6, 6.07) is 4.88. The molecule has 9 nitrogen and oxygen atoms in total. The van der Waals surface area contributed by atoms with Gasteiger partial charge in [-0.3, -0.25) is 4.90 Å². The Kier molecular flexibility index (Phi) is 6.75. The van der Waals surface area contributed by atoms with Gasteiger partial charge in [-0.2, -0.15) is 15.2 Å². The Morgan fingerprint density at radius 3 is 2.88 bits per heavy atom. The van der Waals surface area contributed by atoms with E-state index in [0.717, 1.165) is 30.7 Å². The Balaban J connectivity index is 1.39. The molecular weight excluding hydrogens is 574 g/mol. The topological polar surface area (TPSA) is 109 Å². The predicted molar refractivity (Wildman–Crippen MR) is 153 cm³/mol. The van der Waals surface area contributed by atoms with Crippen LogP contribution in [-0.4, -0.2) is 86.4 Å². The number of amidine groups is 2. The maximum atomic E-state index is 16.8. The number of aliphatic imine (C=N–C) groups is 2. The number of nitrogen functional groups attached to an aromatic ring is 1. The predicted octanol–water partition coefficient (Wildman–Crippen LogP) is 4.23. The number of nitriles is 1. The van der Waals surface area contributed by atoms with E-state index in [0.29, 0.717) is 38.7 Å². The molecule has 0 spiro atoms. The summed E-state index contributed by atoms with van der Waals surface area (Å²) in [5.41, 5.74) is 6.48. The lowest BCUT2D eigenvalue weighted by atomic mass is 9.84. The van der Waals surface area contributed by atoms with E-state index in [1.165, 1.54) is 12.1 Å². The van der Waals surface area contributed by atoms with Crippen LogP contribution in [0.1, 0.15) is 24.0 Å². The van der Waals surface area contributed by atoms with Gasteiger partial charge >= 0.3 is 6.02 Å². The summed E-state index contributed by atoms with van der Waals surface area (Å²) < 4.78 is 50.3. The zero-order valence-corrected chi connectivity index (χ0v) is 23.8. The summed E-state index contributed by atoms with van der Waals surface area (Å²) in [4.78, 5) is 13.6. The number of anilines is 1. The molecule has 1 aromatic heterocycles. The van der Waals surface area contributed by atoms with E-state index < -0.39 is 23.7 Å². The zero-order chi connectivity index (χ0) is 28.4. The minimum atomic E-state index is -0.786. The van der Waals surface area contributed by atoms with E-state index in [2.05, 4.69) is 14.8 Å². The Hall–Kier alpha value is -3.08. The van der Waals surface area contributed by atoms with Crippen LogP contribution in [0.5, 0.6) is 0 Å². The molecule has 13 heteroatoms. The lowest BCUT2D eigenvalue weighted by Crippen LogP contribution is -2.44. The van der Waals surface area contributed by atoms with Crippen molar-refractivity contribution in [1.82, 2.24) is 9.80 Å². The Morgan fingerprint density at radius 2 is 2.05 bits per heavy atom. The number of fused-ring (bicyclic) bond motifs is 4. The van der Waals surface area contributed by atoms with Gasteiger partial charge in [-0.1, -0.05) is 17.7 Å². The fraction of sp³-hybridized carbons (Fsp3) is 0.464. The molecular formula is C28H27ClF2N6O3S. The SMILES string of the molecule is CN1C[C@@H]2C[C@@H]1COC1=NC3=C(F)C(c4ccc(F)c5sc(N)c(C#N)c45)=C(Cl)C4OCCN(CCCO2)C(=N1)C34. The first-order chi connectivity index (χ1) is 19.9. The summed E-state index contributed by atoms with van der Waals surface area (Å²) >= 11 is 7.91.